The summed E-state index contributed by atoms with van der Waals surface area (Å²) in [5.74, 6) is 0.399. The highest BCUT2D eigenvalue weighted by atomic mass is 16.6. The smallest absolute Gasteiger partial charge is 0.355 e. The number of carbonyl (C=O) groups is 1. The van der Waals surface area contributed by atoms with Crippen LogP contribution in [-0.4, -0.2) is 38.1 Å². The number of hydrogen-bond donors (Lipinski definition) is 0. The molecule has 126 valence electrons. The van der Waals surface area contributed by atoms with Crippen molar-refractivity contribution in [3.05, 3.63) is 54.1 Å². The van der Waals surface area contributed by atoms with Crippen molar-refractivity contribution in [1.29, 1.82) is 0 Å². The molecule has 3 rings (SSSR count). The van der Waals surface area contributed by atoms with Crippen LogP contribution >= 0.6 is 0 Å². The molecule has 1 aliphatic rings. The lowest BCUT2D eigenvalue weighted by Crippen LogP contribution is -2.45. The second-order valence-corrected chi connectivity index (χ2v) is 6.26. The molecule has 4 nitrogen and oxygen atoms in total. The summed E-state index contributed by atoms with van der Waals surface area (Å²) in [5, 5.41) is 0. The lowest BCUT2D eigenvalue weighted by molar-refractivity contribution is -0.164. The number of fused-ring (bicyclic) bond motifs is 3. The Labute approximate surface area is 143 Å². The van der Waals surface area contributed by atoms with Crippen LogP contribution in [0.3, 0.4) is 0 Å². The normalized spacial score (nSPS) is 18.5. The fourth-order valence-electron chi connectivity index (χ4n) is 3.09. The van der Waals surface area contributed by atoms with Crippen LogP contribution in [0, 0.1) is 0 Å². The van der Waals surface area contributed by atoms with E-state index in [1.807, 2.05) is 74.4 Å². The molecule has 2 aromatic rings. The van der Waals surface area contributed by atoms with Gasteiger partial charge in [0, 0.05) is 17.7 Å². The third-order valence-electron chi connectivity index (χ3n) is 4.42. The van der Waals surface area contributed by atoms with E-state index in [2.05, 4.69) is 0 Å². The lowest BCUT2D eigenvalue weighted by Gasteiger charge is -2.37. The Morgan fingerprint density at radius 2 is 1.75 bits per heavy atom. The van der Waals surface area contributed by atoms with Crippen molar-refractivity contribution in [3.8, 4) is 16.9 Å². The minimum atomic E-state index is -1.09. The van der Waals surface area contributed by atoms with Crippen LogP contribution in [0.4, 0.5) is 0 Å². The minimum absolute atomic E-state index is 0.325. The molecule has 0 N–H and O–H groups in total. The predicted octanol–water partition coefficient (Wildman–Crippen LogP) is 3.46. The van der Waals surface area contributed by atoms with Crippen molar-refractivity contribution in [2.45, 2.75) is 18.9 Å². The maximum Gasteiger partial charge on any atom is 0.355 e. The maximum absolute atomic E-state index is 12.9. The first-order valence-corrected chi connectivity index (χ1v) is 8.28. The fraction of sp³-hybridized carbons (Fsp3) is 0.350. The molecule has 4 heteroatoms. The van der Waals surface area contributed by atoms with Gasteiger partial charge < -0.3 is 14.4 Å². The van der Waals surface area contributed by atoms with Crippen LogP contribution in [0.1, 0.15) is 18.9 Å². The Hall–Kier alpha value is -2.33. The van der Waals surface area contributed by atoms with Crippen LogP contribution in [0.2, 0.25) is 0 Å². The first-order chi connectivity index (χ1) is 11.6. The largest absolute Gasteiger partial charge is 0.470 e. The van der Waals surface area contributed by atoms with Gasteiger partial charge in [0.05, 0.1) is 0 Å². The second-order valence-electron chi connectivity index (χ2n) is 6.26. The van der Waals surface area contributed by atoms with E-state index in [1.165, 1.54) is 0 Å². The SMILES string of the molecule is CCC1(C(=O)OCCN(C)C)Oc2ccccc2-c2ccccc21. The van der Waals surface area contributed by atoms with Gasteiger partial charge in [0.2, 0.25) is 5.60 Å². The molecule has 0 aliphatic carbocycles. The summed E-state index contributed by atoms with van der Waals surface area (Å²) in [5.41, 5.74) is 1.84. The van der Waals surface area contributed by atoms with Crippen molar-refractivity contribution in [2.75, 3.05) is 27.2 Å². The summed E-state index contributed by atoms with van der Waals surface area (Å²) in [4.78, 5) is 14.9. The van der Waals surface area contributed by atoms with Gasteiger partial charge in [-0.3, -0.25) is 0 Å². The van der Waals surface area contributed by atoms with Gasteiger partial charge in [0.1, 0.15) is 12.4 Å². The Kier molecular flexibility index (Phi) is 4.58. The molecule has 0 bridgehead atoms. The Morgan fingerprint density at radius 1 is 1.08 bits per heavy atom. The van der Waals surface area contributed by atoms with Gasteiger partial charge >= 0.3 is 5.97 Å². The van der Waals surface area contributed by atoms with Gasteiger partial charge in [-0.05, 0) is 32.1 Å². The number of hydrogen-bond acceptors (Lipinski definition) is 4. The summed E-state index contributed by atoms with van der Waals surface area (Å²) in [7, 11) is 3.90. The molecule has 0 spiro atoms. The fourth-order valence-corrected chi connectivity index (χ4v) is 3.09. The van der Waals surface area contributed by atoms with Crippen LogP contribution in [0.15, 0.2) is 48.5 Å². The van der Waals surface area contributed by atoms with Gasteiger partial charge in [-0.15, -0.1) is 0 Å². The summed E-state index contributed by atoms with van der Waals surface area (Å²) >= 11 is 0. The molecule has 2 aromatic carbocycles. The van der Waals surface area contributed by atoms with E-state index in [9.17, 15) is 4.79 Å². The van der Waals surface area contributed by atoms with Gasteiger partial charge in [-0.2, -0.15) is 0 Å². The van der Waals surface area contributed by atoms with Crippen molar-refractivity contribution in [3.63, 3.8) is 0 Å². The van der Waals surface area contributed by atoms with Crippen LogP contribution in [0.5, 0.6) is 5.75 Å². The summed E-state index contributed by atoms with van der Waals surface area (Å²) in [6, 6.07) is 15.7. The molecule has 1 atom stereocenters. The van der Waals surface area contributed by atoms with E-state index in [1.54, 1.807) is 0 Å². The van der Waals surface area contributed by atoms with E-state index < -0.39 is 5.60 Å². The molecule has 1 aliphatic heterocycles. The van der Waals surface area contributed by atoms with Crippen LogP contribution < -0.4 is 4.74 Å². The lowest BCUT2D eigenvalue weighted by atomic mass is 9.82. The zero-order valence-corrected chi connectivity index (χ0v) is 14.4. The van der Waals surface area contributed by atoms with Gasteiger partial charge in [-0.1, -0.05) is 49.4 Å². The summed E-state index contributed by atoms with van der Waals surface area (Å²) in [6.45, 7) is 2.99. The molecular weight excluding hydrogens is 302 g/mol. The third kappa shape index (κ3) is 2.78. The quantitative estimate of drug-likeness (QED) is 0.789. The zero-order valence-electron chi connectivity index (χ0n) is 14.4. The molecule has 1 unspecified atom stereocenters. The van der Waals surface area contributed by atoms with Crippen LogP contribution in [-0.2, 0) is 15.1 Å². The van der Waals surface area contributed by atoms with Gasteiger partial charge in [-0.25, -0.2) is 4.79 Å². The van der Waals surface area contributed by atoms with Crippen molar-refractivity contribution in [2.24, 2.45) is 0 Å². The van der Waals surface area contributed by atoms with Crippen molar-refractivity contribution >= 4 is 5.97 Å². The van der Waals surface area contributed by atoms with E-state index in [-0.39, 0.29) is 5.97 Å². The number of carbonyl (C=O) groups excluding carboxylic acids is 1. The Bertz CT molecular complexity index is 741. The van der Waals surface area contributed by atoms with Gasteiger partial charge in [0.15, 0.2) is 0 Å². The first kappa shape index (κ1) is 16.5. The molecule has 1 heterocycles. The van der Waals surface area contributed by atoms with E-state index >= 15 is 0 Å². The van der Waals surface area contributed by atoms with E-state index in [0.29, 0.717) is 19.6 Å². The topological polar surface area (TPSA) is 38.8 Å². The average Bonchev–Trinajstić information content (AvgIpc) is 2.60. The summed E-state index contributed by atoms with van der Waals surface area (Å²) < 4.78 is 11.8. The highest BCUT2D eigenvalue weighted by Gasteiger charge is 2.47. The number of likely N-dealkylation sites (N-methyl/N-ethyl adjacent to an activating group) is 1. The molecule has 0 radical (unpaired) electrons. The Morgan fingerprint density at radius 3 is 2.46 bits per heavy atom. The highest BCUT2D eigenvalue weighted by molar-refractivity contribution is 5.89. The molecular formula is C20H23NO3. The first-order valence-electron chi connectivity index (χ1n) is 8.28. The maximum atomic E-state index is 12.9. The third-order valence-corrected chi connectivity index (χ3v) is 4.42. The second kappa shape index (κ2) is 6.65. The van der Waals surface area contributed by atoms with Crippen LogP contribution in [0.25, 0.3) is 11.1 Å². The predicted molar refractivity (Wildman–Crippen MR) is 94.0 cm³/mol. The molecule has 0 amide bonds. The minimum Gasteiger partial charge on any atom is -0.470 e. The number of nitrogens with zero attached hydrogens (tertiary/aromatic N) is 1. The standard InChI is InChI=1S/C20H23NO3/c1-4-20(19(22)23-14-13-21(2)3)17-11-7-5-9-15(17)16-10-6-8-12-18(16)24-20/h5-12H,4,13-14H2,1-3H3. The number of esters is 1. The molecule has 0 saturated heterocycles. The molecule has 0 saturated carbocycles. The van der Waals surface area contributed by atoms with Crippen molar-refractivity contribution < 1.29 is 14.3 Å². The highest BCUT2D eigenvalue weighted by Crippen LogP contribution is 2.47. The number of para-hydroxylation sites is 1. The average molecular weight is 325 g/mol. The van der Waals surface area contributed by atoms with E-state index in [0.717, 1.165) is 22.4 Å². The molecule has 0 fully saturated rings. The monoisotopic (exact) mass is 325 g/mol. The van der Waals surface area contributed by atoms with E-state index in [4.69, 9.17) is 9.47 Å². The molecule has 0 aromatic heterocycles. The molecule has 24 heavy (non-hydrogen) atoms. The number of ether oxygens (including phenoxy) is 2. The number of rotatable bonds is 5. The number of benzene rings is 2. The zero-order chi connectivity index (χ0) is 17.2. The van der Waals surface area contributed by atoms with Gasteiger partial charge in [0.25, 0.3) is 0 Å². The summed E-state index contributed by atoms with van der Waals surface area (Å²) in [6.07, 6.45) is 0.513. The Balaban J connectivity index is 2.01. The van der Waals surface area contributed by atoms with Crippen molar-refractivity contribution in [1.82, 2.24) is 4.90 Å².